The second kappa shape index (κ2) is 15.8. The highest BCUT2D eigenvalue weighted by molar-refractivity contribution is 9.11. The molecule has 4 aliphatic rings. The summed E-state index contributed by atoms with van der Waals surface area (Å²) in [5, 5.41) is 10.9. The zero-order chi connectivity index (χ0) is 36.3. The number of hydrogen-bond acceptors (Lipinski definition) is 7. The lowest BCUT2D eigenvalue weighted by atomic mass is 9.74. The van der Waals surface area contributed by atoms with Gasteiger partial charge < -0.3 is 29.3 Å². The van der Waals surface area contributed by atoms with Gasteiger partial charge in [0.05, 0.1) is 24.6 Å². The van der Waals surface area contributed by atoms with E-state index in [1.54, 1.807) is 22.9 Å². The van der Waals surface area contributed by atoms with Crippen molar-refractivity contribution < 1.29 is 33.8 Å². The van der Waals surface area contributed by atoms with Crippen LogP contribution in [0.2, 0.25) is 0 Å². The molecule has 4 heterocycles. The van der Waals surface area contributed by atoms with Gasteiger partial charge in [-0.3, -0.25) is 19.2 Å². The molecule has 1 spiro atoms. The summed E-state index contributed by atoms with van der Waals surface area (Å²) in [4.78, 5) is 62.8. The van der Waals surface area contributed by atoms with Crippen molar-refractivity contribution in [2.24, 2.45) is 11.8 Å². The van der Waals surface area contributed by atoms with Crippen LogP contribution in [-0.2, 0) is 35.1 Å². The molecule has 0 saturated carbocycles. The summed E-state index contributed by atoms with van der Waals surface area (Å²) in [5.74, 6) is -3.61. The van der Waals surface area contributed by atoms with E-state index in [4.69, 9.17) is 9.47 Å². The first-order chi connectivity index (χ1) is 24.6. The van der Waals surface area contributed by atoms with Crippen LogP contribution in [0.1, 0.15) is 63.2 Å². The number of fused-ring (bicyclic) bond motifs is 2. The highest BCUT2D eigenvalue weighted by Gasteiger charge is 2.75. The number of ether oxygens (including phenoxy) is 2. The van der Waals surface area contributed by atoms with Crippen molar-refractivity contribution in [2.45, 2.75) is 88.3 Å². The maximum atomic E-state index is 15.0. The minimum Gasteiger partial charge on any atom is -0.455 e. The Labute approximate surface area is 308 Å². The van der Waals surface area contributed by atoms with Gasteiger partial charge in [0.2, 0.25) is 17.7 Å². The minimum absolute atomic E-state index is 0.101. The van der Waals surface area contributed by atoms with E-state index < -0.39 is 59.6 Å². The standard InChI is InChI=1S/C40H48BrN3O7/c1-4-5-14-21-43-22-15-8-13-20-31(46)42(3)26(2)34(28-18-11-7-12-19-28)50-39(49)32-33-37(47)44(29(25-45)23-27-16-9-6-10-17-27)36(38(43)48)40(33)24-30(41)35(32)51-40/h6-12,15-19,24,26,29,32-36,45H,4-5,13-14,20-23,25H2,1-3H3/b15-8-/t26-,29-,32+,33-,34+,35+,36+,40-/m1/s1. The van der Waals surface area contributed by atoms with E-state index in [1.165, 1.54) is 4.90 Å². The molecule has 0 radical (unpaired) electrons. The van der Waals surface area contributed by atoms with E-state index in [1.807, 2.05) is 79.7 Å². The molecule has 10 nitrogen and oxygen atoms in total. The lowest BCUT2D eigenvalue weighted by molar-refractivity contribution is -0.164. The summed E-state index contributed by atoms with van der Waals surface area (Å²) < 4.78 is 13.7. The van der Waals surface area contributed by atoms with Gasteiger partial charge in [-0.2, -0.15) is 0 Å². The fourth-order valence-electron chi connectivity index (χ4n) is 8.18. The minimum atomic E-state index is -1.47. The Kier molecular flexibility index (Phi) is 11.5. The summed E-state index contributed by atoms with van der Waals surface area (Å²) in [7, 11) is 1.71. The quantitative estimate of drug-likeness (QED) is 0.218. The number of allylic oxidation sites excluding steroid dienone is 1. The maximum Gasteiger partial charge on any atom is 0.313 e. The summed E-state index contributed by atoms with van der Waals surface area (Å²) in [5.41, 5.74) is 0.147. The fraction of sp³-hybridized carbons (Fsp3) is 0.500. The molecule has 4 aliphatic heterocycles. The monoisotopic (exact) mass is 761 g/mol. The van der Waals surface area contributed by atoms with Crippen LogP contribution >= 0.6 is 15.9 Å². The van der Waals surface area contributed by atoms with E-state index in [-0.39, 0.29) is 31.4 Å². The van der Waals surface area contributed by atoms with Crippen LogP contribution in [0.4, 0.5) is 0 Å². The molecule has 51 heavy (non-hydrogen) atoms. The Morgan fingerprint density at radius 1 is 0.961 bits per heavy atom. The second-order valence-electron chi connectivity index (χ2n) is 14.1. The highest BCUT2D eigenvalue weighted by atomic mass is 79.9. The molecular weight excluding hydrogens is 714 g/mol. The van der Waals surface area contributed by atoms with Crippen LogP contribution in [0.25, 0.3) is 0 Å². The number of carbonyl (C=O) groups is 4. The third-order valence-corrected chi connectivity index (χ3v) is 11.6. The van der Waals surface area contributed by atoms with Crippen molar-refractivity contribution in [2.75, 3.05) is 26.7 Å². The number of nitrogens with zero attached hydrogens (tertiary/aromatic N) is 3. The molecule has 0 aliphatic carbocycles. The molecular formula is C40H48BrN3O7. The van der Waals surface area contributed by atoms with Crippen molar-refractivity contribution in [1.82, 2.24) is 14.7 Å². The third-order valence-electron chi connectivity index (χ3n) is 11.0. The number of aliphatic hydroxyl groups excluding tert-OH is 1. The molecule has 6 rings (SSSR count). The van der Waals surface area contributed by atoms with Crippen molar-refractivity contribution in [3.05, 3.63) is 94.5 Å². The number of likely N-dealkylation sites (tertiary alicyclic amines) is 1. The lowest BCUT2D eigenvalue weighted by Gasteiger charge is -2.39. The van der Waals surface area contributed by atoms with Gasteiger partial charge >= 0.3 is 5.97 Å². The maximum absolute atomic E-state index is 15.0. The predicted octanol–water partition coefficient (Wildman–Crippen LogP) is 4.96. The van der Waals surface area contributed by atoms with Gasteiger partial charge in [-0.25, -0.2) is 0 Å². The number of likely N-dealkylation sites (N-methyl/N-ethyl adjacent to an activating group) is 1. The van der Waals surface area contributed by atoms with Crippen LogP contribution in [0.15, 0.2) is 83.4 Å². The van der Waals surface area contributed by atoms with E-state index >= 15 is 4.79 Å². The first-order valence-electron chi connectivity index (χ1n) is 18.1. The molecule has 11 heteroatoms. The Bertz CT molecular complexity index is 1650. The molecule has 272 valence electrons. The number of aliphatic hydroxyl groups is 1. The average molecular weight is 763 g/mol. The van der Waals surface area contributed by atoms with Gasteiger partial charge in [0.15, 0.2) is 0 Å². The van der Waals surface area contributed by atoms with Gasteiger partial charge in [0.1, 0.15) is 29.8 Å². The van der Waals surface area contributed by atoms with Gasteiger partial charge in [-0.05, 0) is 43.4 Å². The second-order valence-corrected chi connectivity index (χ2v) is 15.0. The smallest absolute Gasteiger partial charge is 0.313 e. The molecule has 3 amide bonds. The number of amides is 3. The summed E-state index contributed by atoms with van der Waals surface area (Å²) >= 11 is 3.64. The molecule has 5 bridgehead atoms. The third kappa shape index (κ3) is 7.04. The van der Waals surface area contributed by atoms with Crippen molar-refractivity contribution in [3.8, 4) is 0 Å². The zero-order valence-corrected chi connectivity index (χ0v) is 31.1. The van der Waals surface area contributed by atoms with Crippen LogP contribution in [0, 0.1) is 11.8 Å². The summed E-state index contributed by atoms with van der Waals surface area (Å²) in [6, 6.07) is 16.4. The fourth-order valence-corrected chi connectivity index (χ4v) is 8.91. The number of carbonyl (C=O) groups excluding carboxylic acids is 4. The molecule has 2 aromatic carbocycles. The van der Waals surface area contributed by atoms with Crippen LogP contribution in [0.3, 0.4) is 0 Å². The van der Waals surface area contributed by atoms with E-state index in [0.717, 1.165) is 24.8 Å². The lowest BCUT2D eigenvalue weighted by Crippen LogP contribution is -2.59. The molecule has 1 N–H and O–H groups in total. The highest BCUT2D eigenvalue weighted by Crippen LogP contribution is 2.59. The number of esters is 1. The Balaban J connectivity index is 1.47. The molecule has 2 saturated heterocycles. The van der Waals surface area contributed by atoms with Gasteiger partial charge in [-0.15, -0.1) is 0 Å². The average Bonchev–Trinajstić information content (AvgIpc) is 3.74. The molecule has 2 fully saturated rings. The first-order valence-corrected chi connectivity index (χ1v) is 18.9. The van der Waals surface area contributed by atoms with Crippen LogP contribution in [0.5, 0.6) is 0 Å². The topological polar surface area (TPSA) is 117 Å². The van der Waals surface area contributed by atoms with Gasteiger partial charge in [0, 0.05) is 31.0 Å². The Morgan fingerprint density at radius 2 is 1.67 bits per heavy atom. The van der Waals surface area contributed by atoms with Crippen LogP contribution in [-0.4, -0.2) is 100 Å². The number of unbranched alkanes of at least 4 members (excludes halogenated alkanes) is 2. The van der Waals surface area contributed by atoms with Crippen LogP contribution < -0.4 is 0 Å². The van der Waals surface area contributed by atoms with Gasteiger partial charge in [0.25, 0.3) is 0 Å². The van der Waals surface area contributed by atoms with E-state index in [0.29, 0.717) is 29.4 Å². The predicted molar refractivity (Wildman–Crippen MR) is 195 cm³/mol. The van der Waals surface area contributed by atoms with Gasteiger partial charge in [-0.1, -0.05) is 109 Å². The molecule has 2 aromatic rings. The van der Waals surface area contributed by atoms with E-state index in [2.05, 4.69) is 22.9 Å². The largest absolute Gasteiger partial charge is 0.455 e. The zero-order valence-electron chi connectivity index (χ0n) is 29.5. The van der Waals surface area contributed by atoms with Crippen molar-refractivity contribution >= 4 is 39.6 Å². The number of halogens is 1. The normalized spacial score (nSPS) is 31.1. The Hall–Kier alpha value is -3.80. The first kappa shape index (κ1) is 37.0. The SMILES string of the molecule is CCCCCN1C/C=C\CCC(=O)N(C)[C@H](C)[C@@H](c2ccccc2)OC(=O)[C@@H]2[C@H]3O[C@@]4(C=C3Br)[C@H](C1=O)N([C@@H](CO)Cc1ccccc1)C(=O)[C@@H]24. The number of cyclic esters (lactones) is 1. The molecule has 0 unspecified atom stereocenters. The summed E-state index contributed by atoms with van der Waals surface area (Å²) in [6.45, 7) is 4.29. The number of hydrogen-bond donors (Lipinski definition) is 1. The summed E-state index contributed by atoms with van der Waals surface area (Å²) in [6.07, 6.45) is 7.61. The molecule has 8 atom stereocenters. The van der Waals surface area contributed by atoms with Crippen molar-refractivity contribution in [3.63, 3.8) is 0 Å². The molecule has 0 aromatic heterocycles. The number of rotatable bonds is 9. The Morgan fingerprint density at radius 3 is 2.35 bits per heavy atom. The van der Waals surface area contributed by atoms with Crippen molar-refractivity contribution in [1.29, 1.82) is 0 Å². The van der Waals surface area contributed by atoms with E-state index in [9.17, 15) is 19.5 Å². The number of benzene rings is 2.